The van der Waals surface area contributed by atoms with E-state index in [2.05, 4.69) is 15.0 Å². The molecule has 9 heteroatoms. The van der Waals surface area contributed by atoms with Gasteiger partial charge in [0.2, 0.25) is 0 Å². The van der Waals surface area contributed by atoms with Gasteiger partial charge < -0.3 is 20.6 Å². The number of hydrogen-bond donors (Lipinski definition) is 3. The molecule has 29 heavy (non-hydrogen) atoms. The first-order valence-electron chi connectivity index (χ1n) is 8.66. The van der Waals surface area contributed by atoms with E-state index in [0.717, 1.165) is 5.56 Å². The number of hydrogen-bond acceptors (Lipinski definition) is 6. The van der Waals surface area contributed by atoms with E-state index in [4.69, 9.17) is 10.5 Å². The number of amides is 1. The Labute approximate surface area is 164 Å². The van der Waals surface area contributed by atoms with Crippen molar-refractivity contribution in [2.24, 2.45) is 5.73 Å². The summed E-state index contributed by atoms with van der Waals surface area (Å²) in [6.07, 6.45) is 0. The van der Waals surface area contributed by atoms with E-state index in [1.165, 1.54) is 17.7 Å². The molecule has 0 atom stereocenters. The quantitative estimate of drug-likeness (QED) is 0.486. The first-order chi connectivity index (χ1) is 13.9. The molecule has 0 unspecified atom stereocenters. The molecular weight excluding hydrogens is 374 g/mol. The molecule has 9 nitrogen and oxygen atoms in total. The van der Waals surface area contributed by atoms with Gasteiger partial charge in [-0.25, -0.2) is 19.3 Å². The Morgan fingerprint density at radius 1 is 1.17 bits per heavy atom. The topological polar surface area (TPSA) is 136 Å². The number of imidazole rings is 1. The molecule has 4 N–H and O–H groups in total. The molecule has 1 amide bonds. The Kier molecular flexibility index (Phi) is 4.27. The summed E-state index contributed by atoms with van der Waals surface area (Å²) in [6.45, 7) is 1.93. The van der Waals surface area contributed by atoms with Gasteiger partial charge in [-0.05, 0) is 37.3 Å². The van der Waals surface area contributed by atoms with Crippen LogP contribution in [0.2, 0.25) is 0 Å². The number of rotatable bonds is 4. The van der Waals surface area contributed by atoms with E-state index in [1.807, 2.05) is 19.1 Å². The number of aryl methyl sites for hydroxylation is 1. The number of carbonyl (C=O) groups is 1. The molecule has 2 heterocycles. The molecule has 0 fully saturated rings. The summed E-state index contributed by atoms with van der Waals surface area (Å²) < 4.78 is 6.39. The molecule has 0 aliphatic carbocycles. The SMILES string of the molecule is COc1ccc(-c2nc(C(N)=O)c3[nH]c(=O)n(-c4ccc(C)cc4)c3n2)cc1O. The molecule has 0 bridgehead atoms. The molecule has 2 aromatic carbocycles. The van der Waals surface area contributed by atoms with E-state index in [1.54, 1.807) is 24.3 Å². The number of ether oxygens (including phenoxy) is 1. The molecule has 2 aromatic heterocycles. The monoisotopic (exact) mass is 391 g/mol. The minimum atomic E-state index is -0.811. The van der Waals surface area contributed by atoms with E-state index in [0.29, 0.717) is 11.3 Å². The molecule has 146 valence electrons. The van der Waals surface area contributed by atoms with Crippen molar-refractivity contribution in [1.82, 2.24) is 19.5 Å². The predicted molar refractivity (Wildman–Crippen MR) is 106 cm³/mol. The minimum absolute atomic E-state index is 0.112. The van der Waals surface area contributed by atoms with Gasteiger partial charge in [0.25, 0.3) is 5.91 Å². The van der Waals surface area contributed by atoms with Crippen molar-refractivity contribution < 1.29 is 14.6 Å². The molecule has 0 radical (unpaired) electrons. The summed E-state index contributed by atoms with van der Waals surface area (Å²) >= 11 is 0. The Hall–Kier alpha value is -4.14. The van der Waals surface area contributed by atoms with Crippen LogP contribution in [-0.4, -0.2) is 37.6 Å². The lowest BCUT2D eigenvalue weighted by atomic mass is 10.1. The number of nitrogens with two attached hydrogens (primary N) is 1. The maximum absolute atomic E-state index is 12.6. The predicted octanol–water partition coefficient (Wildman–Crippen LogP) is 1.90. The first-order valence-corrected chi connectivity index (χ1v) is 8.66. The number of fused-ring (bicyclic) bond motifs is 1. The van der Waals surface area contributed by atoms with Crippen LogP contribution in [0.3, 0.4) is 0 Å². The second kappa shape index (κ2) is 6.79. The maximum Gasteiger partial charge on any atom is 0.332 e. The van der Waals surface area contributed by atoms with Crippen molar-refractivity contribution in [3.05, 3.63) is 64.2 Å². The summed E-state index contributed by atoms with van der Waals surface area (Å²) in [6, 6.07) is 11.9. The van der Waals surface area contributed by atoms with Gasteiger partial charge in [0.15, 0.2) is 28.7 Å². The summed E-state index contributed by atoms with van der Waals surface area (Å²) in [5.74, 6) is -0.514. The lowest BCUT2D eigenvalue weighted by Gasteiger charge is -2.08. The minimum Gasteiger partial charge on any atom is -0.504 e. The van der Waals surface area contributed by atoms with Crippen LogP contribution in [0.25, 0.3) is 28.2 Å². The summed E-state index contributed by atoms with van der Waals surface area (Å²) in [4.78, 5) is 35.9. The Morgan fingerprint density at radius 2 is 1.90 bits per heavy atom. The van der Waals surface area contributed by atoms with Crippen LogP contribution >= 0.6 is 0 Å². The molecule has 4 aromatic rings. The summed E-state index contributed by atoms with van der Waals surface area (Å²) in [5, 5.41) is 10.1. The van der Waals surface area contributed by atoms with Gasteiger partial charge in [-0.3, -0.25) is 4.79 Å². The zero-order chi connectivity index (χ0) is 20.7. The molecule has 0 aliphatic heterocycles. The van der Waals surface area contributed by atoms with Crippen LogP contribution in [0.4, 0.5) is 0 Å². The number of aromatic hydroxyl groups is 1. The highest BCUT2D eigenvalue weighted by Crippen LogP contribution is 2.31. The fourth-order valence-electron chi connectivity index (χ4n) is 3.05. The molecular formula is C20H17N5O4. The third-order valence-corrected chi connectivity index (χ3v) is 4.50. The van der Waals surface area contributed by atoms with Gasteiger partial charge in [-0.15, -0.1) is 0 Å². The number of nitrogens with zero attached hydrogens (tertiary/aromatic N) is 3. The molecule has 0 aliphatic rings. The van der Waals surface area contributed by atoms with Gasteiger partial charge in [-0.2, -0.15) is 0 Å². The van der Waals surface area contributed by atoms with Crippen molar-refractivity contribution in [2.75, 3.05) is 7.11 Å². The smallest absolute Gasteiger partial charge is 0.332 e. The number of aromatic nitrogens is 4. The number of aromatic amines is 1. The van der Waals surface area contributed by atoms with Crippen molar-refractivity contribution in [3.8, 4) is 28.6 Å². The van der Waals surface area contributed by atoms with Gasteiger partial charge in [-0.1, -0.05) is 17.7 Å². The van der Waals surface area contributed by atoms with Gasteiger partial charge >= 0.3 is 5.69 Å². The first kappa shape index (κ1) is 18.2. The van der Waals surface area contributed by atoms with E-state index in [-0.39, 0.29) is 34.2 Å². The Bertz CT molecular complexity index is 1310. The fraction of sp³-hybridized carbons (Fsp3) is 0.100. The van der Waals surface area contributed by atoms with Gasteiger partial charge in [0, 0.05) is 5.56 Å². The number of nitrogens with one attached hydrogen (secondary N) is 1. The standard InChI is InChI=1S/C20H17N5O4/c1-10-3-6-12(7-4-10)25-19-16(23-20(25)28)15(17(21)27)22-18(24-19)11-5-8-14(29-2)13(26)9-11/h3-9,26H,1-2H3,(H2,21,27)(H,23,28). The van der Waals surface area contributed by atoms with Crippen molar-refractivity contribution in [2.45, 2.75) is 6.92 Å². The molecule has 0 spiro atoms. The highest BCUT2D eigenvalue weighted by molar-refractivity contribution is 6.02. The average molecular weight is 391 g/mol. The van der Waals surface area contributed by atoms with Crippen LogP contribution in [-0.2, 0) is 0 Å². The van der Waals surface area contributed by atoms with Crippen molar-refractivity contribution in [3.63, 3.8) is 0 Å². The maximum atomic E-state index is 12.6. The number of carbonyl (C=O) groups excluding carboxylic acids is 1. The number of primary amides is 1. The third kappa shape index (κ3) is 3.08. The number of H-pyrrole nitrogens is 1. The molecule has 0 saturated heterocycles. The van der Waals surface area contributed by atoms with E-state index in [9.17, 15) is 14.7 Å². The van der Waals surface area contributed by atoms with Crippen LogP contribution < -0.4 is 16.2 Å². The summed E-state index contributed by atoms with van der Waals surface area (Å²) in [7, 11) is 1.43. The van der Waals surface area contributed by atoms with Gasteiger partial charge in [0.05, 0.1) is 12.8 Å². The highest BCUT2D eigenvalue weighted by atomic mass is 16.5. The zero-order valence-electron chi connectivity index (χ0n) is 15.6. The van der Waals surface area contributed by atoms with Gasteiger partial charge in [0.1, 0.15) is 5.52 Å². The van der Waals surface area contributed by atoms with Crippen molar-refractivity contribution in [1.29, 1.82) is 0 Å². The average Bonchev–Trinajstić information content (AvgIpc) is 3.03. The number of phenolic OH excluding ortho intramolecular Hbond substituents is 1. The van der Waals surface area contributed by atoms with Crippen LogP contribution in [0.5, 0.6) is 11.5 Å². The Balaban J connectivity index is 2.01. The van der Waals surface area contributed by atoms with E-state index < -0.39 is 11.6 Å². The van der Waals surface area contributed by atoms with Crippen LogP contribution in [0, 0.1) is 6.92 Å². The number of methoxy groups -OCH3 is 1. The second-order valence-corrected chi connectivity index (χ2v) is 6.45. The fourth-order valence-corrected chi connectivity index (χ4v) is 3.05. The number of benzene rings is 2. The normalized spacial score (nSPS) is 11.0. The van der Waals surface area contributed by atoms with Crippen LogP contribution in [0.1, 0.15) is 16.1 Å². The largest absolute Gasteiger partial charge is 0.504 e. The lowest BCUT2D eigenvalue weighted by Crippen LogP contribution is -2.15. The summed E-state index contributed by atoms with van der Waals surface area (Å²) in [5.41, 5.74) is 7.27. The highest BCUT2D eigenvalue weighted by Gasteiger charge is 2.20. The lowest BCUT2D eigenvalue weighted by molar-refractivity contribution is 0.0997. The molecule has 0 saturated carbocycles. The number of phenols is 1. The van der Waals surface area contributed by atoms with Crippen LogP contribution in [0.15, 0.2) is 47.3 Å². The zero-order valence-corrected chi connectivity index (χ0v) is 15.6. The molecule has 4 rings (SSSR count). The second-order valence-electron chi connectivity index (χ2n) is 6.45. The van der Waals surface area contributed by atoms with E-state index >= 15 is 0 Å². The Morgan fingerprint density at radius 3 is 2.52 bits per heavy atom. The third-order valence-electron chi connectivity index (χ3n) is 4.50. The van der Waals surface area contributed by atoms with Crippen molar-refractivity contribution >= 4 is 17.1 Å².